The smallest absolute Gasteiger partial charge is 0.351 e. The van der Waals surface area contributed by atoms with Gasteiger partial charge in [-0.2, -0.15) is 0 Å². The van der Waals surface area contributed by atoms with E-state index in [-0.39, 0.29) is 6.42 Å². The van der Waals surface area contributed by atoms with Gasteiger partial charge in [0, 0.05) is 10.9 Å². The van der Waals surface area contributed by atoms with Gasteiger partial charge in [-0.1, -0.05) is 16.8 Å². The van der Waals surface area contributed by atoms with Crippen molar-refractivity contribution in [3.63, 3.8) is 0 Å². The number of carbonyl (C=O) groups is 1. The van der Waals surface area contributed by atoms with Crippen molar-refractivity contribution in [3.8, 4) is 0 Å². The van der Waals surface area contributed by atoms with E-state index in [9.17, 15) is 4.79 Å². The molecule has 1 aromatic heterocycles. The summed E-state index contributed by atoms with van der Waals surface area (Å²) in [5, 5.41) is 12.8. The SMILES string of the molecule is CC1(C(=O)O)CC(c2cc(Br)c(Cl)s2)=NO1. The Kier molecular flexibility index (Phi) is 2.98. The van der Waals surface area contributed by atoms with Crippen LogP contribution >= 0.6 is 38.9 Å². The zero-order valence-corrected chi connectivity index (χ0v) is 11.3. The first-order chi connectivity index (χ1) is 7.42. The van der Waals surface area contributed by atoms with E-state index in [0.717, 1.165) is 9.35 Å². The molecule has 2 heterocycles. The molecule has 16 heavy (non-hydrogen) atoms. The summed E-state index contributed by atoms with van der Waals surface area (Å²) in [5.41, 5.74) is -0.652. The van der Waals surface area contributed by atoms with Crippen molar-refractivity contribution in [1.29, 1.82) is 0 Å². The number of nitrogens with zero attached hydrogens (tertiary/aromatic N) is 1. The zero-order chi connectivity index (χ0) is 11.9. The van der Waals surface area contributed by atoms with E-state index in [1.165, 1.54) is 18.3 Å². The summed E-state index contributed by atoms with van der Waals surface area (Å²) in [6, 6.07) is 1.81. The lowest BCUT2D eigenvalue weighted by Crippen LogP contribution is -2.35. The fraction of sp³-hybridized carbons (Fsp3) is 0.333. The van der Waals surface area contributed by atoms with Gasteiger partial charge in [-0.25, -0.2) is 4.79 Å². The molecule has 1 atom stereocenters. The van der Waals surface area contributed by atoms with Gasteiger partial charge < -0.3 is 9.94 Å². The molecule has 1 aliphatic rings. The lowest BCUT2D eigenvalue weighted by Gasteiger charge is -2.14. The first-order valence-corrected chi connectivity index (χ1v) is 6.35. The number of thiophene rings is 1. The summed E-state index contributed by atoms with van der Waals surface area (Å²) in [7, 11) is 0. The van der Waals surface area contributed by atoms with Crippen LogP contribution in [0.15, 0.2) is 15.7 Å². The van der Waals surface area contributed by atoms with E-state index in [1.54, 1.807) is 0 Å². The van der Waals surface area contributed by atoms with Crippen LogP contribution in [0.4, 0.5) is 0 Å². The monoisotopic (exact) mass is 323 g/mol. The molecule has 0 fully saturated rings. The van der Waals surface area contributed by atoms with Gasteiger partial charge in [-0.05, 0) is 28.9 Å². The van der Waals surface area contributed by atoms with Crippen LogP contribution in [0.5, 0.6) is 0 Å². The number of hydrogen-bond acceptors (Lipinski definition) is 4. The Labute approximate surface area is 109 Å². The molecule has 0 radical (unpaired) electrons. The van der Waals surface area contributed by atoms with Gasteiger partial charge >= 0.3 is 5.97 Å². The van der Waals surface area contributed by atoms with Crippen molar-refractivity contribution in [2.75, 3.05) is 0 Å². The second-order valence-electron chi connectivity index (χ2n) is 3.57. The Morgan fingerprint density at radius 3 is 2.94 bits per heavy atom. The highest BCUT2D eigenvalue weighted by molar-refractivity contribution is 9.10. The van der Waals surface area contributed by atoms with E-state index in [1.807, 2.05) is 6.07 Å². The average molecular weight is 325 g/mol. The molecule has 1 unspecified atom stereocenters. The minimum atomic E-state index is -1.27. The maximum absolute atomic E-state index is 10.9. The molecular weight excluding hydrogens is 318 g/mol. The lowest BCUT2D eigenvalue weighted by molar-refractivity contribution is -0.160. The number of aliphatic carboxylic acids is 1. The fourth-order valence-electron chi connectivity index (χ4n) is 1.28. The van der Waals surface area contributed by atoms with E-state index >= 15 is 0 Å². The van der Waals surface area contributed by atoms with Crippen LogP contribution in [0.2, 0.25) is 4.34 Å². The molecule has 0 amide bonds. The highest BCUT2D eigenvalue weighted by atomic mass is 79.9. The molecule has 2 rings (SSSR count). The van der Waals surface area contributed by atoms with Crippen LogP contribution in [0, 0.1) is 0 Å². The molecular formula is C9H7BrClNO3S. The first-order valence-electron chi connectivity index (χ1n) is 4.36. The van der Waals surface area contributed by atoms with Gasteiger partial charge in [0.25, 0.3) is 0 Å². The summed E-state index contributed by atoms with van der Waals surface area (Å²) < 4.78 is 1.39. The molecule has 0 aliphatic carbocycles. The second-order valence-corrected chi connectivity index (χ2v) is 6.08. The Morgan fingerprint density at radius 1 is 1.81 bits per heavy atom. The van der Waals surface area contributed by atoms with Crippen LogP contribution in [-0.2, 0) is 9.63 Å². The number of halogens is 2. The van der Waals surface area contributed by atoms with Gasteiger partial charge in [-0.15, -0.1) is 11.3 Å². The number of carboxylic acids is 1. The van der Waals surface area contributed by atoms with E-state index in [0.29, 0.717) is 10.0 Å². The topological polar surface area (TPSA) is 58.9 Å². The predicted molar refractivity (Wildman–Crippen MR) is 65.3 cm³/mol. The maximum atomic E-state index is 10.9. The average Bonchev–Trinajstić information content (AvgIpc) is 2.73. The maximum Gasteiger partial charge on any atom is 0.351 e. The minimum absolute atomic E-state index is 0.242. The molecule has 86 valence electrons. The highest BCUT2D eigenvalue weighted by Gasteiger charge is 2.42. The van der Waals surface area contributed by atoms with Crippen molar-refractivity contribution in [3.05, 3.63) is 19.8 Å². The largest absolute Gasteiger partial charge is 0.478 e. The van der Waals surface area contributed by atoms with E-state index in [2.05, 4.69) is 21.1 Å². The van der Waals surface area contributed by atoms with Crippen molar-refractivity contribution < 1.29 is 14.7 Å². The Bertz CT molecular complexity index is 468. The third-order valence-electron chi connectivity index (χ3n) is 2.24. The first kappa shape index (κ1) is 11.9. The number of oxime groups is 1. The molecule has 0 spiro atoms. The molecule has 0 aromatic carbocycles. The molecule has 1 aromatic rings. The third-order valence-corrected chi connectivity index (χ3v) is 4.77. The summed E-state index contributed by atoms with van der Waals surface area (Å²) in [6.45, 7) is 1.50. The highest BCUT2D eigenvalue weighted by Crippen LogP contribution is 2.36. The van der Waals surface area contributed by atoms with Crippen molar-refractivity contribution in [2.45, 2.75) is 18.9 Å². The Hall–Kier alpha value is -0.590. The molecule has 4 nitrogen and oxygen atoms in total. The van der Waals surface area contributed by atoms with Gasteiger partial charge in [0.1, 0.15) is 10.0 Å². The summed E-state index contributed by atoms with van der Waals surface area (Å²) in [6.07, 6.45) is 0.242. The standard InChI is InChI=1S/C9H7BrClNO3S/c1-9(8(13)14)3-5(12-15-9)6-2-4(10)7(11)16-6/h2H,3H2,1H3,(H,13,14). The summed E-state index contributed by atoms with van der Waals surface area (Å²) in [4.78, 5) is 16.7. The van der Waals surface area contributed by atoms with Crippen LogP contribution in [0.1, 0.15) is 18.2 Å². The van der Waals surface area contributed by atoms with Crippen molar-refractivity contribution in [2.24, 2.45) is 5.16 Å². The quantitative estimate of drug-likeness (QED) is 0.909. The van der Waals surface area contributed by atoms with Gasteiger partial charge in [0.15, 0.2) is 0 Å². The summed E-state index contributed by atoms with van der Waals surface area (Å²) in [5.74, 6) is -1.02. The molecule has 0 bridgehead atoms. The fourth-order valence-corrected chi connectivity index (χ4v) is 2.96. The molecule has 1 aliphatic heterocycles. The van der Waals surface area contributed by atoms with Gasteiger partial charge in [-0.3, -0.25) is 0 Å². The van der Waals surface area contributed by atoms with E-state index in [4.69, 9.17) is 21.5 Å². The number of carboxylic acid groups (broad SMARTS) is 1. The molecule has 0 saturated carbocycles. The third kappa shape index (κ3) is 1.97. The molecule has 7 heteroatoms. The van der Waals surface area contributed by atoms with Gasteiger partial charge in [0.05, 0.1) is 4.88 Å². The van der Waals surface area contributed by atoms with Crippen molar-refractivity contribution >= 4 is 50.5 Å². The second kappa shape index (κ2) is 4.01. The molecule has 0 saturated heterocycles. The minimum Gasteiger partial charge on any atom is -0.478 e. The van der Waals surface area contributed by atoms with Gasteiger partial charge in [0.2, 0.25) is 5.60 Å². The zero-order valence-electron chi connectivity index (χ0n) is 8.16. The van der Waals surface area contributed by atoms with Crippen molar-refractivity contribution in [1.82, 2.24) is 0 Å². The van der Waals surface area contributed by atoms with Crippen LogP contribution in [-0.4, -0.2) is 22.4 Å². The van der Waals surface area contributed by atoms with Crippen LogP contribution in [0.3, 0.4) is 0 Å². The molecule has 1 N–H and O–H groups in total. The Morgan fingerprint density at radius 2 is 2.50 bits per heavy atom. The van der Waals surface area contributed by atoms with Crippen LogP contribution < -0.4 is 0 Å². The number of rotatable bonds is 2. The van der Waals surface area contributed by atoms with E-state index < -0.39 is 11.6 Å². The Balaban J connectivity index is 2.24. The predicted octanol–water partition coefficient (Wildman–Crippen LogP) is 3.13. The van der Waals surface area contributed by atoms with Crippen LogP contribution in [0.25, 0.3) is 0 Å². The lowest BCUT2D eigenvalue weighted by atomic mass is 10.00. The number of hydrogen-bond donors (Lipinski definition) is 1. The normalized spacial score (nSPS) is 24.1. The summed E-state index contributed by atoms with van der Waals surface area (Å²) >= 11 is 10.5.